The number of morpholine rings is 1. The van der Waals surface area contributed by atoms with E-state index in [1.807, 2.05) is 52.0 Å². The largest absolute Gasteiger partial charge is 0.496 e. The fraction of sp³-hybridized carbons (Fsp3) is 0.341. The van der Waals surface area contributed by atoms with Gasteiger partial charge in [0.2, 0.25) is 10.0 Å². The van der Waals surface area contributed by atoms with E-state index in [4.69, 9.17) is 24.7 Å². The average Bonchev–Trinajstić information content (AvgIpc) is 3.20. The Kier molecular flexibility index (Phi) is 13.4. The lowest BCUT2D eigenvalue weighted by atomic mass is 9.86. The molecule has 3 amide bonds. The molecule has 0 radical (unpaired) electrons. The maximum absolute atomic E-state index is 13.4. The van der Waals surface area contributed by atoms with E-state index in [1.165, 1.54) is 19.1 Å². The van der Waals surface area contributed by atoms with E-state index in [-0.39, 0.29) is 29.1 Å². The molecule has 0 saturated carbocycles. The molecule has 1 saturated heterocycles. The lowest BCUT2D eigenvalue weighted by molar-refractivity contribution is 0.0363. The predicted octanol–water partition coefficient (Wildman–Crippen LogP) is 7.51. The van der Waals surface area contributed by atoms with Crippen molar-refractivity contribution < 1.29 is 37.0 Å². The van der Waals surface area contributed by atoms with Crippen molar-refractivity contribution in [2.24, 2.45) is 5.73 Å². The van der Waals surface area contributed by atoms with Crippen LogP contribution in [0, 0.1) is 0 Å². The number of amides is 3. The normalized spacial score (nSPS) is 13.9. The van der Waals surface area contributed by atoms with Crippen molar-refractivity contribution >= 4 is 61.3 Å². The number of primary amides is 1. The minimum Gasteiger partial charge on any atom is -0.496 e. The third kappa shape index (κ3) is 10.5. The summed E-state index contributed by atoms with van der Waals surface area (Å²) < 4.78 is 50.6. The molecule has 1 atom stereocenters. The smallest absolute Gasteiger partial charge is 0.324 e. The summed E-state index contributed by atoms with van der Waals surface area (Å²) in [6.45, 7) is 12.1. The molecular weight excluding hydrogens is 787 g/mol. The van der Waals surface area contributed by atoms with Crippen LogP contribution in [0.3, 0.4) is 0 Å². The molecule has 1 aliphatic rings. The van der Waals surface area contributed by atoms with E-state index in [9.17, 15) is 18.0 Å². The molecule has 318 valence electrons. The van der Waals surface area contributed by atoms with Gasteiger partial charge in [0, 0.05) is 60.5 Å². The van der Waals surface area contributed by atoms with Gasteiger partial charge < -0.3 is 35.3 Å². The molecule has 5 N–H and O–H groups in total. The number of carbonyl (C=O) groups excluding carboxylic acids is 2. The molecule has 1 aliphatic heterocycles. The number of ether oxygens (including phenoxy) is 4. The second kappa shape index (κ2) is 18.4. The van der Waals surface area contributed by atoms with Gasteiger partial charge in [0.1, 0.15) is 23.1 Å². The lowest BCUT2D eigenvalue weighted by Crippen LogP contribution is -2.40. The molecular formula is C44H53N7O8S. The Hall–Kier alpha value is -6.10. The minimum atomic E-state index is -3.72. The van der Waals surface area contributed by atoms with Gasteiger partial charge in [0.15, 0.2) is 5.75 Å². The monoisotopic (exact) mass is 839 g/mol. The Labute approximate surface area is 351 Å². The number of nitrogens with two attached hydrogens (primary N) is 1. The molecule has 0 aliphatic carbocycles. The summed E-state index contributed by atoms with van der Waals surface area (Å²) in [5, 5.41) is 7.66. The van der Waals surface area contributed by atoms with Crippen molar-refractivity contribution in [1.29, 1.82) is 0 Å². The lowest BCUT2D eigenvalue weighted by Gasteiger charge is -2.29. The standard InChI is InChI=1S/C44H53N7O8S/c1-28(17-19-50-20-22-58-23-21-50)47-42(52)34-13-12-30(26-39(34)56-5)48-40-27-31(16-18-46-40)59-38-15-14-36(32-10-8-9-11-33(32)38)51(43(45)53)37-25-29(44(2,3)4)24-35(41(37)57-6)49-60(7,54)55/h8-16,18,24-28,49H,17,19-23H2,1-7H3,(H2,45,53)(H,46,48)(H,47,52)/t28-/m0/s1. The summed E-state index contributed by atoms with van der Waals surface area (Å²) in [6, 6.07) is 22.2. The number of aromatic nitrogens is 1. The number of fused-ring (bicyclic) bond motifs is 1. The highest BCUT2D eigenvalue weighted by molar-refractivity contribution is 7.92. The first-order valence-electron chi connectivity index (χ1n) is 19.6. The van der Waals surface area contributed by atoms with Crippen LogP contribution >= 0.6 is 0 Å². The Balaban J connectivity index is 1.24. The van der Waals surface area contributed by atoms with Crippen LogP contribution in [0.2, 0.25) is 0 Å². The molecule has 15 nitrogen and oxygen atoms in total. The third-order valence-corrected chi connectivity index (χ3v) is 10.6. The van der Waals surface area contributed by atoms with Crippen LogP contribution in [-0.2, 0) is 20.2 Å². The molecule has 6 rings (SSSR count). The third-order valence-electron chi connectivity index (χ3n) is 10.0. The number of nitrogens with zero attached hydrogens (tertiary/aromatic N) is 3. The summed E-state index contributed by atoms with van der Waals surface area (Å²) in [6.07, 6.45) is 3.47. The first kappa shape index (κ1) is 43.5. The van der Waals surface area contributed by atoms with E-state index in [1.54, 1.807) is 60.8 Å². The Morgan fingerprint density at radius 3 is 2.33 bits per heavy atom. The summed E-state index contributed by atoms with van der Waals surface area (Å²) in [5.74, 6) is 1.75. The molecule has 1 fully saturated rings. The topological polar surface area (TPSA) is 187 Å². The zero-order valence-electron chi connectivity index (χ0n) is 35.0. The zero-order valence-corrected chi connectivity index (χ0v) is 35.8. The SMILES string of the molecule is COc1cc(Nc2cc(Oc3ccc(N(C(N)=O)c4cc(C(C)(C)C)cc(NS(C)(=O)=O)c4OC)c4ccccc34)ccn2)ccc1C(=O)N[C@@H](C)CCN1CCOCC1. The van der Waals surface area contributed by atoms with E-state index in [0.717, 1.165) is 51.1 Å². The van der Waals surface area contributed by atoms with Crippen molar-refractivity contribution in [3.05, 3.63) is 96.2 Å². The van der Waals surface area contributed by atoms with Gasteiger partial charge in [0.05, 0.1) is 56.3 Å². The van der Waals surface area contributed by atoms with Crippen LogP contribution in [0.15, 0.2) is 85.1 Å². The number of urea groups is 1. The Morgan fingerprint density at radius 2 is 1.67 bits per heavy atom. The highest BCUT2D eigenvalue weighted by atomic mass is 32.2. The van der Waals surface area contributed by atoms with Gasteiger partial charge >= 0.3 is 6.03 Å². The number of hydrogen-bond donors (Lipinski definition) is 4. The highest BCUT2D eigenvalue weighted by Crippen LogP contribution is 2.46. The summed E-state index contributed by atoms with van der Waals surface area (Å²) >= 11 is 0. The van der Waals surface area contributed by atoms with E-state index in [2.05, 4.69) is 25.2 Å². The molecule has 2 heterocycles. The van der Waals surface area contributed by atoms with Crippen LogP contribution in [0.4, 0.5) is 33.4 Å². The van der Waals surface area contributed by atoms with Gasteiger partial charge in [-0.05, 0) is 66.8 Å². The summed E-state index contributed by atoms with van der Waals surface area (Å²) in [5.41, 5.74) is 8.31. The number of pyridine rings is 1. The molecule has 1 aromatic heterocycles. The first-order chi connectivity index (χ1) is 28.5. The molecule has 5 aromatic rings. The molecule has 4 aromatic carbocycles. The van der Waals surface area contributed by atoms with Crippen LogP contribution in [-0.4, -0.2) is 89.6 Å². The van der Waals surface area contributed by atoms with Gasteiger partial charge in [-0.1, -0.05) is 45.0 Å². The van der Waals surface area contributed by atoms with Crippen LogP contribution in [0.5, 0.6) is 23.0 Å². The van der Waals surface area contributed by atoms with E-state index in [0.29, 0.717) is 50.8 Å². The number of anilines is 5. The van der Waals surface area contributed by atoms with Crippen molar-refractivity contribution in [1.82, 2.24) is 15.2 Å². The molecule has 16 heteroatoms. The fourth-order valence-electron chi connectivity index (χ4n) is 6.96. The van der Waals surface area contributed by atoms with Crippen LogP contribution in [0.1, 0.15) is 50.0 Å². The quantitative estimate of drug-likeness (QED) is 0.0817. The number of hydrogen-bond acceptors (Lipinski definition) is 11. The Bertz CT molecular complexity index is 2470. The van der Waals surface area contributed by atoms with Crippen LogP contribution in [0.25, 0.3) is 10.8 Å². The second-order valence-corrected chi connectivity index (χ2v) is 17.4. The maximum atomic E-state index is 13.4. The number of sulfonamides is 1. The molecule has 60 heavy (non-hydrogen) atoms. The number of methoxy groups -OCH3 is 2. The average molecular weight is 840 g/mol. The number of nitrogens with one attached hydrogen (secondary N) is 3. The summed E-state index contributed by atoms with van der Waals surface area (Å²) in [7, 11) is -0.799. The van der Waals surface area contributed by atoms with Gasteiger partial charge in [-0.2, -0.15) is 0 Å². The van der Waals surface area contributed by atoms with Crippen molar-refractivity contribution in [3.63, 3.8) is 0 Å². The van der Waals surface area contributed by atoms with Gasteiger partial charge in [-0.15, -0.1) is 0 Å². The van der Waals surface area contributed by atoms with Gasteiger partial charge in [-0.3, -0.25) is 19.3 Å². The number of benzene rings is 4. The maximum Gasteiger partial charge on any atom is 0.324 e. The highest BCUT2D eigenvalue weighted by Gasteiger charge is 2.28. The fourth-order valence-corrected chi connectivity index (χ4v) is 7.51. The van der Waals surface area contributed by atoms with Gasteiger partial charge in [-0.25, -0.2) is 18.2 Å². The molecule has 0 bridgehead atoms. The van der Waals surface area contributed by atoms with Crippen molar-refractivity contribution in [2.45, 2.75) is 45.6 Å². The Morgan fingerprint density at radius 1 is 0.933 bits per heavy atom. The van der Waals surface area contributed by atoms with Gasteiger partial charge in [0.25, 0.3) is 5.91 Å². The van der Waals surface area contributed by atoms with Crippen LogP contribution < -0.4 is 40.2 Å². The van der Waals surface area contributed by atoms with Crippen molar-refractivity contribution in [3.8, 4) is 23.0 Å². The number of rotatable bonds is 15. The minimum absolute atomic E-state index is 0.0290. The predicted molar refractivity (Wildman–Crippen MR) is 235 cm³/mol. The molecule has 0 unspecified atom stereocenters. The van der Waals surface area contributed by atoms with E-state index >= 15 is 0 Å². The molecule has 0 spiro atoms. The summed E-state index contributed by atoms with van der Waals surface area (Å²) in [4.78, 5) is 34.8. The number of carbonyl (C=O) groups is 2. The first-order valence-corrected chi connectivity index (χ1v) is 21.5. The van der Waals surface area contributed by atoms with E-state index < -0.39 is 21.5 Å². The van der Waals surface area contributed by atoms with Crippen molar-refractivity contribution in [2.75, 3.05) is 68.3 Å². The second-order valence-electron chi connectivity index (χ2n) is 15.6. The zero-order chi connectivity index (χ0) is 43.2.